The Hall–Kier alpha value is -1.89. The van der Waals surface area contributed by atoms with Gasteiger partial charge in [-0.15, -0.1) is 5.10 Å². The lowest BCUT2D eigenvalue weighted by Gasteiger charge is -2.32. The van der Waals surface area contributed by atoms with Crippen LogP contribution in [0.2, 0.25) is 0 Å². The third kappa shape index (κ3) is 2.92. The van der Waals surface area contributed by atoms with E-state index in [1.807, 2.05) is 6.20 Å². The van der Waals surface area contributed by atoms with Crippen molar-refractivity contribution in [2.45, 2.75) is 45.1 Å². The van der Waals surface area contributed by atoms with Crippen molar-refractivity contribution in [3.05, 3.63) is 11.9 Å². The fraction of sp³-hybridized carbons (Fsp3) is 0.643. The van der Waals surface area contributed by atoms with Crippen molar-refractivity contribution in [2.75, 3.05) is 12.3 Å². The molecule has 7 heteroatoms. The van der Waals surface area contributed by atoms with Gasteiger partial charge < -0.3 is 16.2 Å². The SMILES string of the molecule is CCCCOc1nc(N)c2ncc(CC3CC(N)C3)n2n1. The van der Waals surface area contributed by atoms with Crippen molar-refractivity contribution in [3.8, 4) is 6.01 Å². The number of nitrogens with zero attached hydrogens (tertiary/aromatic N) is 4. The van der Waals surface area contributed by atoms with Crippen LogP contribution in [0.3, 0.4) is 0 Å². The molecule has 0 amide bonds. The van der Waals surface area contributed by atoms with Crippen molar-refractivity contribution in [2.24, 2.45) is 11.7 Å². The van der Waals surface area contributed by atoms with Gasteiger partial charge in [0.1, 0.15) is 0 Å². The van der Waals surface area contributed by atoms with Gasteiger partial charge in [-0.05, 0) is 31.6 Å². The number of anilines is 1. The Bertz CT molecular complexity index is 619. The monoisotopic (exact) mass is 290 g/mol. The zero-order valence-corrected chi connectivity index (χ0v) is 12.3. The molecule has 7 nitrogen and oxygen atoms in total. The minimum absolute atomic E-state index is 0.318. The first-order valence-electron chi connectivity index (χ1n) is 7.56. The number of aromatic nitrogens is 4. The molecule has 0 unspecified atom stereocenters. The predicted molar refractivity (Wildman–Crippen MR) is 80.0 cm³/mol. The summed E-state index contributed by atoms with van der Waals surface area (Å²) in [5.74, 6) is 0.966. The molecule has 1 aliphatic rings. The topological polar surface area (TPSA) is 104 Å². The second-order valence-corrected chi connectivity index (χ2v) is 5.77. The fourth-order valence-corrected chi connectivity index (χ4v) is 2.69. The van der Waals surface area contributed by atoms with Gasteiger partial charge in [-0.25, -0.2) is 9.50 Å². The lowest BCUT2D eigenvalue weighted by atomic mass is 9.78. The van der Waals surface area contributed by atoms with Crippen LogP contribution in [0.4, 0.5) is 5.82 Å². The summed E-state index contributed by atoms with van der Waals surface area (Å²) in [5, 5.41) is 4.41. The molecule has 1 saturated carbocycles. The second-order valence-electron chi connectivity index (χ2n) is 5.77. The molecule has 2 aromatic rings. The van der Waals surface area contributed by atoms with Crippen LogP contribution in [-0.4, -0.2) is 32.2 Å². The number of rotatable bonds is 6. The third-order valence-electron chi connectivity index (χ3n) is 3.94. The van der Waals surface area contributed by atoms with Gasteiger partial charge in [0.15, 0.2) is 11.5 Å². The first-order valence-corrected chi connectivity index (χ1v) is 7.56. The lowest BCUT2D eigenvalue weighted by molar-refractivity contribution is 0.259. The number of nitrogen functional groups attached to an aromatic ring is 1. The normalized spacial score (nSPS) is 21.4. The van der Waals surface area contributed by atoms with E-state index in [4.69, 9.17) is 16.2 Å². The highest BCUT2D eigenvalue weighted by molar-refractivity contribution is 5.59. The number of fused-ring (bicyclic) bond motifs is 1. The fourth-order valence-electron chi connectivity index (χ4n) is 2.69. The minimum Gasteiger partial charge on any atom is -0.462 e. The molecule has 0 aromatic carbocycles. The molecule has 114 valence electrons. The standard InChI is InChI=1S/C14H22N6O/c1-2-3-4-21-14-18-12(16)13-17-8-11(20(13)19-14)7-9-5-10(15)6-9/h8-10H,2-7,15H2,1H3,(H2,16,18,19). The Morgan fingerprint density at radius 1 is 1.43 bits per heavy atom. The maximum Gasteiger partial charge on any atom is 0.336 e. The largest absolute Gasteiger partial charge is 0.462 e. The van der Waals surface area contributed by atoms with Gasteiger partial charge in [-0.2, -0.15) is 4.98 Å². The molecule has 0 aliphatic heterocycles. The molecule has 0 spiro atoms. The number of hydrogen-bond acceptors (Lipinski definition) is 6. The smallest absolute Gasteiger partial charge is 0.336 e. The zero-order chi connectivity index (χ0) is 14.8. The summed E-state index contributed by atoms with van der Waals surface area (Å²) in [5.41, 5.74) is 13.4. The lowest BCUT2D eigenvalue weighted by Crippen LogP contribution is -2.37. The number of imidazole rings is 1. The average Bonchev–Trinajstić information content (AvgIpc) is 2.81. The van der Waals surface area contributed by atoms with E-state index in [-0.39, 0.29) is 0 Å². The van der Waals surface area contributed by atoms with Gasteiger partial charge >= 0.3 is 6.01 Å². The summed E-state index contributed by atoms with van der Waals surface area (Å²) in [6.45, 7) is 2.71. The van der Waals surface area contributed by atoms with E-state index in [1.54, 1.807) is 4.52 Å². The Morgan fingerprint density at radius 2 is 2.24 bits per heavy atom. The van der Waals surface area contributed by atoms with Gasteiger partial charge in [-0.3, -0.25) is 0 Å². The van der Waals surface area contributed by atoms with Gasteiger partial charge in [0.05, 0.1) is 18.5 Å². The first kappa shape index (κ1) is 14.1. The van der Waals surface area contributed by atoms with E-state index in [9.17, 15) is 0 Å². The van der Waals surface area contributed by atoms with E-state index in [2.05, 4.69) is 22.0 Å². The molecule has 1 aliphatic carbocycles. The zero-order valence-electron chi connectivity index (χ0n) is 12.3. The summed E-state index contributed by atoms with van der Waals surface area (Å²) in [4.78, 5) is 8.47. The molecular formula is C14H22N6O. The van der Waals surface area contributed by atoms with Crippen LogP contribution in [0.25, 0.3) is 5.65 Å². The number of ether oxygens (including phenoxy) is 1. The highest BCUT2D eigenvalue weighted by Gasteiger charge is 2.27. The Labute approximate surface area is 123 Å². The quantitative estimate of drug-likeness (QED) is 0.774. The number of hydrogen-bond donors (Lipinski definition) is 2. The first-order chi connectivity index (χ1) is 10.2. The minimum atomic E-state index is 0.318. The molecular weight excluding hydrogens is 268 g/mol. The molecule has 1 fully saturated rings. The summed E-state index contributed by atoms with van der Waals surface area (Å²) in [6, 6.07) is 0.667. The van der Waals surface area contributed by atoms with Crippen LogP contribution in [0.15, 0.2) is 6.20 Å². The molecule has 0 saturated heterocycles. The van der Waals surface area contributed by atoms with Crippen molar-refractivity contribution in [1.29, 1.82) is 0 Å². The van der Waals surface area contributed by atoms with Crippen molar-refractivity contribution < 1.29 is 4.74 Å². The van der Waals surface area contributed by atoms with Crippen molar-refractivity contribution >= 4 is 11.5 Å². The third-order valence-corrected chi connectivity index (χ3v) is 3.94. The maximum atomic E-state index is 5.94. The van der Waals surface area contributed by atoms with Gasteiger partial charge in [0, 0.05) is 6.04 Å². The molecule has 2 aromatic heterocycles. The molecule has 0 atom stereocenters. The molecule has 3 rings (SSSR count). The maximum absolute atomic E-state index is 5.94. The summed E-state index contributed by atoms with van der Waals surface area (Å²) in [6.07, 6.45) is 6.90. The second kappa shape index (κ2) is 5.85. The van der Waals surface area contributed by atoms with Crippen LogP contribution in [0, 0.1) is 5.92 Å². The molecule has 0 bridgehead atoms. The van der Waals surface area contributed by atoms with E-state index < -0.39 is 0 Å². The van der Waals surface area contributed by atoms with E-state index in [0.29, 0.717) is 36.0 Å². The Morgan fingerprint density at radius 3 is 2.95 bits per heavy atom. The Kier molecular flexibility index (Phi) is 3.92. The van der Waals surface area contributed by atoms with Gasteiger partial charge in [0.2, 0.25) is 0 Å². The summed E-state index contributed by atoms with van der Waals surface area (Å²) < 4.78 is 7.31. The van der Waals surface area contributed by atoms with Gasteiger partial charge in [-0.1, -0.05) is 13.3 Å². The summed E-state index contributed by atoms with van der Waals surface area (Å²) >= 11 is 0. The van der Waals surface area contributed by atoms with Crippen molar-refractivity contribution in [3.63, 3.8) is 0 Å². The highest BCUT2D eigenvalue weighted by atomic mass is 16.5. The van der Waals surface area contributed by atoms with Crippen LogP contribution in [-0.2, 0) is 6.42 Å². The van der Waals surface area contributed by atoms with Crippen LogP contribution < -0.4 is 16.2 Å². The van der Waals surface area contributed by atoms with Crippen LogP contribution in [0.1, 0.15) is 38.3 Å². The van der Waals surface area contributed by atoms with E-state index in [1.165, 1.54) is 0 Å². The average molecular weight is 290 g/mol. The number of nitrogens with two attached hydrogens (primary N) is 2. The highest BCUT2D eigenvalue weighted by Crippen LogP contribution is 2.29. The van der Waals surface area contributed by atoms with Crippen LogP contribution in [0.5, 0.6) is 6.01 Å². The van der Waals surface area contributed by atoms with Crippen molar-refractivity contribution in [1.82, 2.24) is 19.6 Å². The molecule has 4 N–H and O–H groups in total. The van der Waals surface area contributed by atoms with E-state index >= 15 is 0 Å². The molecule has 0 radical (unpaired) electrons. The molecule has 2 heterocycles. The number of unbranched alkanes of at least 4 members (excludes halogenated alkanes) is 1. The van der Waals surface area contributed by atoms with Crippen LogP contribution >= 0.6 is 0 Å². The predicted octanol–water partition coefficient (Wildman–Crippen LogP) is 1.17. The van der Waals surface area contributed by atoms with Gasteiger partial charge in [0.25, 0.3) is 0 Å². The summed E-state index contributed by atoms with van der Waals surface area (Å²) in [7, 11) is 0. The molecule has 21 heavy (non-hydrogen) atoms. The Balaban J connectivity index is 1.80. The van der Waals surface area contributed by atoms with E-state index in [0.717, 1.165) is 37.8 Å².